The summed E-state index contributed by atoms with van der Waals surface area (Å²) >= 11 is 0. The summed E-state index contributed by atoms with van der Waals surface area (Å²) in [5, 5.41) is 25.8. The van der Waals surface area contributed by atoms with Gasteiger partial charge in [0.2, 0.25) is 0 Å². The van der Waals surface area contributed by atoms with Crippen LogP contribution in [0.15, 0.2) is 91.0 Å². The average Bonchev–Trinajstić information content (AvgIpc) is 3.02. The fourth-order valence-corrected chi connectivity index (χ4v) is 12.4. The molecule has 1 fully saturated rings. The molecule has 0 radical (unpaired) electrons. The van der Waals surface area contributed by atoms with Crippen LogP contribution in [-0.2, 0) is 4.43 Å². The van der Waals surface area contributed by atoms with Gasteiger partial charge in [-0.15, -0.1) is 0 Å². The molecule has 0 amide bonds. The van der Waals surface area contributed by atoms with E-state index in [0.717, 1.165) is 12.8 Å². The number of ketones is 1. The molecule has 4 nitrogen and oxygen atoms in total. The summed E-state index contributed by atoms with van der Waals surface area (Å²) in [5.74, 6) is -0.335. The van der Waals surface area contributed by atoms with Crippen LogP contribution in [0, 0.1) is 29.1 Å². The van der Waals surface area contributed by atoms with Gasteiger partial charge >= 0.3 is 0 Å². The van der Waals surface area contributed by atoms with Crippen molar-refractivity contribution in [3.8, 4) is 0 Å². The number of aliphatic hydroxyl groups excluding tert-OH is 2. The molecule has 0 spiro atoms. The smallest absolute Gasteiger partial charge is 0.261 e. The fourth-order valence-electron chi connectivity index (χ4n) is 7.86. The Morgan fingerprint density at radius 2 is 1.38 bits per heavy atom. The minimum atomic E-state index is -2.79. The third-order valence-electron chi connectivity index (χ3n) is 10.8. The maximum absolute atomic E-state index is 14.5. The van der Waals surface area contributed by atoms with Crippen LogP contribution in [0.25, 0.3) is 0 Å². The van der Waals surface area contributed by atoms with Gasteiger partial charge in [-0.3, -0.25) is 4.79 Å². The van der Waals surface area contributed by atoms with E-state index in [9.17, 15) is 15.0 Å². The third kappa shape index (κ3) is 7.70. The van der Waals surface area contributed by atoms with Gasteiger partial charge in [0.05, 0.1) is 18.1 Å². The van der Waals surface area contributed by atoms with Crippen molar-refractivity contribution >= 4 is 24.5 Å². The van der Waals surface area contributed by atoms with E-state index in [-0.39, 0.29) is 28.6 Å². The summed E-state index contributed by atoms with van der Waals surface area (Å²) in [4.78, 5) is 14.5. The van der Waals surface area contributed by atoms with Crippen LogP contribution in [0.1, 0.15) is 90.9 Å². The Morgan fingerprint density at radius 1 is 0.867 bits per heavy atom. The quantitative estimate of drug-likeness (QED) is 0.189. The van der Waals surface area contributed by atoms with Gasteiger partial charge in [0.25, 0.3) is 8.32 Å². The number of carbonyl (C=O) groups excluding carboxylic acids is 1. The van der Waals surface area contributed by atoms with Gasteiger partial charge in [0.15, 0.2) is 5.78 Å². The molecule has 45 heavy (non-hydrogen) atoms. The molecule has 6 atom stereocenters. The van der Waals surface area contributed by atoms with Crippen molar-refractivity contribution in [1.82, 2.24) is 0 Å². The molecule has 2 N–H and O–H groups in total. The van der Waals surface area contributed by atoms with E-state index in [2.05, 4.69) is 109 Å². The Hall–Kier alpha value is -2.57. The fraction of sp³-hybridized carbons (Fsp3) is 0.525. The number of hydrogen-bond acceptors (Lipinski definition) is 4. The molecular formula is C40H56O4Si. The molecule has 0 bridgehead atoms. The van der Waals surface area contributed by atoms with Crippen molar-refractivity contribution in [2.75, 3.05) is 6.61 Å². The second kappa shape index (κ2) is 14.9. The highest BCUT2D eigenvalue weighted by Gasteiger charge is 2.52. The number of hydrogen-bond donors (Lipinski definition) is 2. The third-order valence-corrected chi connectivity index (χ3v) is 15.8. The van der Waals surface area contributed by atoms with E-state index >= 15 is 0 Å². The Labute approximate surface area is 273 Å². The highest BCUT2D eigenvalue weighted by Crippen LogP contribution is 2.46. The van der Waals surface area contributed by atoms with Crippen molar-refractivity contribution < 1.29 is 19.4 Å². The number of aliphatic hydroxyl groups is 2. The number of Topliss-reactive ketones (excluding diaryl/α,β-unsaturated/α-hetero) is 1. The van der Waals surface area contributed by atoms with Crippen molar-refractivity contribution in [2.45, 2.75) is 97.8 Å². The normalized spacial score (nSPS) is 26.8. The van der Waals surface area contributed by atoms with Gasteiger partial charge in [-0.05, 0) is 70.7 Å². The van der Waals surface area contributed by atoms with E-state index in [1.807, 2.05) is 30.3 Å². The predicted octanol–water partition coefficient (Wildman–Crippen LogP) is 7.66. The van der Waals surface area contributed by atoms with Crippen molar-refractivity contribution in [3.05, 3.63) is 96.6 Å². The lowest BCUT2D eigenvalue weighted by molar-refractivity contribution is -0.0429. The maximum Gasteiger partial charge on any atom is 0.261 e. The predicted molar refractivity (Wildman–Crippen MR) is 189 cm³/mol. The lowest BCUT2D eigenvalue weighted by Gasteiger charge is -2.46. The number of rotatable bonds is 9. The SMILES string of the molecule is CC(C)[C@@H]1CC[C@@H](C)C(O)CC[C@@](C)(CCO[Si](c2ccccc2)(c2ccccc2)C(C)(C)C)[C@@H](C(=O)c2ccccc2)C1O. The molecule has 4 rings (SSSR count). The van der Waals surface area contributed by atoms with Crippen LogP contribution in [0.4, 0.5) is 0 Å². The zero-order valence-corrected chi connectivity index (χ0v) is 29.6. The van der Waals surface area contributed by atoms with E-state index in [0.29, 0.717) is 31.4 Å². The molecule has 3 aromatic rings. The van der Waals surface area contributed by atoms with E-state index < -0.39 is 31.9 Å². The molecule has 1 aliphatic rings. The van der Waals surface area contributed by atoms with E-state index in [4.69, 9.17) is 4.43 Å². The average molecular weight is 629 g/mol. The van der Waals surface area contributed by atoms with E-state index in [1.54, 1.807) is 0 Å². The van der Waals surface area contributed by atoms with Gasteiger partial charge in [-0.25, -0.2) is 0 Å². The summed E-state index contributed by atoms with van der Waals surface area (Å²) in [6.07, 6.45) is 2.20. The minimum absolute atomic E-state index is 0.00944. The van der Waals surface area contributed by atoms with Crippen molar-refractivity contribution in [2.24, 2.45) is 29.1 Å². The van der Waals surface area contributed by atoms with Crippen LogP contribution in [0.5, 0.6) is 0 Å². The van der Waals surface area contributed by atoms with Crippen molar-refractivity contribution in [1.29, 1.82) is 0 Å². The van der Waals surface area contributed by atoms with E-state index in [1.165, 1.54) is 10.4 Å². The van der Waals surface area contributed by atoms with Gasteiger partial charge in [-0.1, -0.05) is 139 Å². The van der Waals surface area contributed by atoms with Crippen molar-refractivity contribution in [3.63, 3.8) is 0 Å². The van der Waals surface area contributed by atoms with Crippen LogP contribution < -0.4 is 10.4 Å². The maximum atomic E-state index is 14.5. The second-order valence-corrected chi connectivity index (χ2v) is 19.5. The Balaban J connectivity index is 1.79. The molecule has 0 saturated heterocycles. The van der Waals surface area contributed by atoms with Crippen LogP contribution >= 0.6 is 0 Å². The first-order chi connectivity index (χ1) is 21.3. The molecule has 0 aliphatic heterocycles. The second-order valence-electron chi connectivity index (χ2n) is 15.2. The first-order valence-corrected chi connectivity index (χ1v) is 18.9. The van der Waals surface area contributed by atoms with Crippen LogP contribution in [0.3, 0.4) is 0 Å². The zero-order chi connectivity index (χ0) is 32.8. The summed E-state index contributed by atoms with van der Waals surface area (Å²) in [6, 6.07) is 30.7. The Bertz CT molecular complexity index is 1300. The highest BCUT2D eigenvalue weighted by atomic mass is 28.4. The first-order valence-electron chi connectivity index (χ1n) is 17.0. The molecule has 5 heteroatoms. The number of benzene rings is 3. The monoisotopic (exact) mass is 628 g/mol. The summed E-state index contributed by atoms with van der Waals surface area (Å²) in [7, 11) is -2.79. The largest absolute Gasteiger partial charge is 0.407 e. The zero-order valence-electron chi connectivity index (χ0n) is 28.6. The Kier molecular flexibility index (Phi) is 11.7. The lowest BCUT2D eigenvalue weighted by atomic mass is 9.61. The molecule has 244 valence electrons. The van der Waals surface area contributed by atoms with Gasteiger partial charge in [0.1, 0.15) is 0 Å². The highest BCUT2D eigenvalue weighted by molar-refractivity contribution is 6.99. The number of carbonyl (C=O) groups is 1. The van der Waals surface area contributed by atoms with Crippen LogP contribution in [-0.4, -0.2) is 43.1 Å². The Morgan fingerprint density at radius 3 is 1.87 bits per heavy atom. The summed E-state index contributed by atoms with van der Waals surface area (Å²) in [5.41, 5.74) is 0.0392. The molecule has 0 heterocycles. The summed E-state index contributed by atoms with van der Waals surface area (Å²) in [6.45, 7) is 15.9. The molecule has 3 aromatic carbocycles. The lowest BCUT2D eigenvalue weighted by Crippen LogP contribution is -2.66. The molecular weight excluding hydrogens is 573 g/mol. The molecule has 0 aromatic heterocycles. The molecule has 1 saturated carbocycles. The van der Waals surface area contributed by atoms with Gasteiger partial charge < -0.3 is 14.6 Å². The standard InChI is InChI=1S/C40H56O4Si/c1-29(2)34-24-23-30(3)35(41)25-26-40(7,36(38(34)43)37(42)31-17-11-8-12-18-31)27-28-44-45(39(4,5)6,32-19-13-9-14-20-32)33-21-15-10-16-22-33/h8-22,29-30,34-36,38,41,43H,23-28H2,1-7H3/t30-,34+,35?,36+,38?,40+/m1/s1. The van der Waals surface area contributed by atoms with Gasteiger partial charge in [-0.2, -0.15) is 0 Å². The van der Waals surface area contributed by atoms with Gasteiger partial charge in [0, 0.05) is 12.2 Å². The minimum Gasteiger partial charge on any atom is -0.407 e. The summed E-state index contributed by atoms with van der Waals surface area (Å²) < 4.78 is 7.34. The molecule has 2 unspecified atom stereocenters. The topological polar surface area (TPSA) is 66.8 Å². The first kappa shape index (κ1) is 35.3. The molecule has 1 aliphatic carbocycles. The van der Waals surface area contributed by atoms with Crippen LogP contribution in [0.2, 0.25) is 5.04 Å².